The molecule has 0 spiro atoms. The number of nitrogens with zero attached hydrogens (tertiary/aromatic N) is 2. The number of carbonyl (C=O) groups is 1. The first-order valence-corrected chi connectivity index (χ1v) is 8.00. The van der Waals surface area contributed by atoms with E-state index in [1.54, 1.807) is 25.3 Å². The molecule has 1 amide bonds. The number of benzene rings is 1. The molecule has 0 atom stereocenters. The first-order chi connectivity index (χ1) is 11.7. The summed E-state index contributed by atoms with van der Waals surface area (Å²) in [5, 5.41) is 10.1. The summed E-state index contributed by atoms with van der Waals surface area (Å²) >= 11 is 0. The third-order valence-electron chi connectivity index (χ3n) is 4.23. The summed E-state index contributed by atoms with van der Waals surface area (Å²) in [5.74, 6) is 0.312. The quantitative estimate of drug-likeness (QED) is 0.769. The lowest BCUT2D eigenvalue weighted by atomic mass is 9.96. The van der Waals surface area contributed by atoms with Gasteiger partial charge in [0, 0.05) is 24.1 Å². The van der Waals surface area contributed by atoms with Crippen LogP contribution in [0.25, 0.3) is 11.1 Å². The molecule has 7 heteroatoms. The molecule has 124 valence electrons. The molecule has 0 saturated heterocycles. The van der Waals surface area contributed by atoms with Crippen LogP contribution in [0, 0.1) is 0 Å². The predicted octanol–water partition coefficient (Wildman–Crippen LogP) is 2.83. The number of rotatable bonds is 4. The minimum absolute atomic E-state index is 0.200. The Morgan fingerprint density at radius 3 is 3.12 bits per heavy atom. The van der Waals surface area contributed by atoms with Gasteiger partial charge >= 0.3 is 0 Å². The highest BCUT2D eigenvalue weighted by Gasteiger charge is 2.21. The Bertz CT molecular complexity index is 897. The topological polar surface area (TPSA) is 93.0 Å². The second kappa shape index (κ2) is 6.09. The van der Waals surface area contributed by atoms with Crippen LogP contribution < -0.4 is 5.32 Å². The van der Waals surface area contributed by atoms with Gasteiger partial charge in [0.05, 0.1) is 0 Å². The number of H-pyrrole nitrogens is 1. The summed E-state index contributed by atoms with van der Waals surface area (Å²) in [4.78, 5) is 16.9. The van der Waals surface area contributed by atoms with Gasteiger partial charge in [-0.1, -0.05) is 0 Å². The van der Waals surface area contributed by atoms with Crippen molar-refractivity contribution in [1.82, 2.24) is 15.2 Å². The van der Waals surface area contributed by atoms with E-state index in [1.165, 1.54) is 0 Å². The third kappa shape index (κ3) is 2.67. The van der Waals surface area contributed by atoms with Crippen LogP contribution >= 0.6 is 0 Å². The standard InChI is InChI=1S/C17H18N4O3/c1-23-9-15-19-13-8-10(6-7-14(13)24-15)18-17(22)16-11-4-2-3-5-12(11)20-21-16/h6-8H,2-5,9H2,1H3,(H,18,22)(H,20,21). The lowest BCUT2D eigenvalue weighted by Gasteiger charge is -2.11. The zero-order valence-electron chi connectivity index (χ0n) is 13.4. The molecule has 2 heterocycles. The van der Waals surface area contributed by atoms with E-state index in [9.17, 15) is 4.79 Å². The lowest BCUT2D eigenvalue weighted by molar-refractivity contribution is 0.102. The number of oxazole rings is 1. The van der Waals surface area contributed by atoms with Crippen molar-refractivity contribution < 1.29 is 13.9 Å². The molecule has 0 fully saturated rings. The molecule has 0 saturated carbocycles. The van der Waals surface area contributed by atoms with Crippen molar-refractivity contribution in [3.05, 3.63) is 41.0 Å². The largest absolute Gasteiger partial charge is 0.438 e. The number of ether oxygens (including phenoxy) is 1. The van der Waals surface area contributed by atoms with Gasteiger partial charge in [0.2, 0.25) is 5.89 Å². The normalized spacial score (nSPS) is 13.9. The van der Waals surface area contributed by atoms with Crippen LogP contribution in [0.4, 0.5) is 5.69 Å². The van der Waals surface area contributed by atoms with Gasteiger partial charge in [-0.05, 0) is 43.9 Å². The summed E-state index contributed by atoms with van der Waals surface area (Å²) < 4.78 is 10.6. The SMILES string of the molecule is COCc1nc2cc(NC(=O)c3n[nH]c4c3CCCC4)ccc2o1. The number of nitrogens with one attached hydrogen (secondary N) is 2. The molecule has 0 radical (unpaired) electrons. The maximum atomic E-state index is 12.5. The van der Waals surface area contributed by atoms with Crippen LogP contribution in [0.1, 0.15) is 40.5 Å². The number of anilines is 1. The highest BCUT2D eigenvalue weighted by molar-refractivity contribution is 6.04. The van der Waals surface area contributed by atoms with E-state index in [2.05, 4.69) is 20.5 Å². The molecule has 1 aliphatic carbocycles. The number of hydrogen-bond acceptors (Lipinski definition) is 5. The van der Waals surface area contributed by atoms with E-state index in [0.717, 1.165) is 36.9 Å². The van der Waals surface area contributed by atoms with Crippen LogP contribution in [0.2, 0.25) is 0 Å². The molecule has 0 aliphatic heterocycles. The van der Waals surface area contributed by atoms with E-state index in [1.807, 2.05) is 0 Å². The number of hydrogen-bond donors (Lipinski definition) is 2. The van der Waals surface area contributed by atoms with Crippen LogP contribution in [0.5, 0.6) is 0 Å². The maximum absolute atomic E-state index is 12.5. The number of fused-ring (bicyclic) bond motifs is 2. The monoisotopic (exact) mass is 326 g/mol. The van der Waals surface area contributed by atoms with Gasteiger partial charge in [-0.15, -0.1) is 0 Å². The molecular weight excluding hydrogens is 308 g/mol. The van der Waals surface area contributed by atoms with E-state index >= 15 is 0 Å². The van der Waals surface area contributed by atoms with Gasteiger partial charge in [-0.2, -0.15) is 5.10 Å². The van der Waals surface area contributed by atoms with E-state index in [4.69, 9.17) is 9.15 Å². The average molecular weight is 326 g/mol. The van der Waals surface area contributed by atoms with E-state index in [0.29, 0.717) is 35.0 Å². The first kappa shape index (κ1) is 14.9. The zero-order valence-corrected chi connectivity index (χ0v) is 13.4. The fourth-order valence-corrected chi connectivity index (χ4v) is 3.10. The predicted molar refractivity (Wildman–Crippen MR) is 87.9 cm³/mol. The molecule has 0 bridgehead atoms. The number of carbonyl (C=O) groups excluding carboxylic acids is 1. The highest BCUT2D eigenvalue weighted by Crippen LogP contribution is 2.24. The highest BCUT2D eigenvalue weighted by atomic mass is 16.5. The maximum Gasteiger partial charge on any atom is 0.276 e. The summed E-state index contributed by atoms with van der Waals surface area (Å²) in [6.07, 6.45) is 4.10. The van der Waals surface area contributed by atoms with Gasteiger partial charge in [0.1, 0.15) is 12.1 Å². The molecule has 0 unspecified atom stereocenters. The molecule has 7 nitrogen and oxygen atoms in total. The Kier molecular flexibility index (Phi) is 3.78. The number of aromatic nitrogens is 3. The van der Waals surface area contributed by atoms with Gasteiger partial charge in [-0.25, -0.2) is 4.98 Å². The van der Waals surface area contributed by atoms with Crippen molar-refractivity contribution in [2.45, 2.75) is 32.3 Å². The molecule has 4 rings (SSSR count). The smallest absolute Gasteiger partial charge is 0.276 e. The zero-order chi connectivity index (χ0) is 16.5. The fraction of sp³-hybridized carbons (Fsp3) is 0.353. The van der Waals surface area contributed by atoms with Crippen molar-refractivity contribution in [3.63, 3.8) is 0 Å². The van der Waals surface area contributed by atoms with Gasteiger partial charge in [-0.3, -0.25) is 9.89 Å². The van der Waals surface area contributed by atoms with Gasteiger partial charge < -0.3 is 14.5 Å². The van der Waals surface area contributed by atoms with E-state index < -0.39 is 0 Å². The minimum atomic E-state index is -0.200. The van der Waals surface area contributed by atoms with Crippen LogP contribution in [0.3, 0.4) is 0 Å². The van der Waals surface area contributed by atoms with Gasteiger partial charge in [0.25, 0.3) is 5.91 Å². The van der Waals surface area contributed by atoms with E-state index in [-0.39, 0.29) is 5.91 Å². The second-order valence-corrected chi connectivity index (χ2v) is 5.91. The van der Waals surface area contributed by atoms with Crippen LogP contribution in [-0.2, 0) is 24.2 Å². The Morgan fingerprint density at radius 2 is 2.25 bits per heavy atom. The first-order valence-electron chi connectivity index (χ1n) is 8.00. The fourth-order valence-electron chi connectivity index (χ4n) is 3.10. The average Bonchev–Trinajstić information content (AvgIpc) is 3.18. The lowest BCUT2D eigenvalue weighted by Crippen LogP contribution is -2.15. The Labute approximate surface area is 138 Å². The molecule has 2 N–H and O–H groups in total. The summed E-state index contributed by atoms with van der Waals surface area (Å²) in [5.41, 5.74) is 4.63. The summed E-state index contributed by atoms with van der Waals surface area (Å²) in [6.45, 7) is 0.315. The third-order valence-corrected chi connectivity index (χ3v) is 4.23. The molecular formula is C17H18N4O3. The Balaban J connectivity index is 1.57. The molecule has 24 heavy (non-hydrogen) atoms. The van der Waals surface area contributed by atoms with Crippen molar-refractivity contribution >= 4 is 22.7 Å². The summed E-state index contributed by atoms with van der Waals surface area (Å²) in [7, 11) is 1.59. The Hall–Kier alpha value is -2.67. The number of aromatic amines is 1. The number of aryl methyl sites for hydroxylation is 1. The molecule has 2 aromatic heterocycles. The van der Waals surface area contributed by atoms with Crippen molar-refractivity contribution in [3.8, 4) is 0 Å². The molecule has 1 aromatic carbocycles. The summed E-state index contributed by atoms with van der Waals surface area (Å²) in [6, 6.07) is 5.37. The number of methoxy groups -OCH3 is 1. The van der Waals surface area contributed by atoms with Crippen molar-refractivity contribution in [2.75, 3.05) is 12.4 Å². The molecule has 3 aromatic rings. The van der Waals surface area contributed by atoms with Gasteiger partial charge in [0.15, 0.2) is 11.3 Å². The van der Waals surface area contributed by atoms with Crippen molar-refractivity contribution in [1.29, 1.82) is 0 Å². The second-order valence-electron chi connectivity index (χ2n) is 5.91. The minimum Gasteiger partial charge on any atom is -0.438 e. The van der Waals surface area contributed by atoms with Crippen LogP contribution in [-0.4, -0.2) is 28.2 Å². The number of amides is 1. The van der Waals surface area contributed by atoms with Crippen molar-refractivity contribution in [2.24, 2.45) is 0 Å². The van der Waals surface area contributed by atoms with Crippen LogP contribution in [0.15, 0.2) is 22.6 Å². The Morgan fingerprint density at radius 1 is 1.38 bits per heavy atom. The molecule has 1 aliphatic rings.